The number of amides is 2. The summed E-state index contributed by atoms with van der Waals surface area (Å²) in [5, 5.41) is 0. The molecule has 2 aromatic carbocycles. The molecule has 0 spiro atoms. The summed E-state index contributed by atoms with van der Waals surface area (Å²) in [4.78, 5) is 29.1. The first-order valence-corrected chi connectivity index (χ1v) is 11.1. The van der Waals surface area contributed by atoms with Gasteiger partial charge in [-0.1, -0.05) is 24.3 Å². The Morgan fingerprint density at radius 2 is 1.68 bits per heavy atom. The molecule has 164 valence electrons. The monoisotopic (exact) mass is 422 g/mol. The first kappa shape index (κ1) is 21.4. The molecule has 6 heteroatoms. The minimum Gasteiger partial charge on any atom is -0.491 e. The second-order valence-corrected chi connectivity index (χ2v) is 8.39. The number of carbonyl (C=O) groups excluding carboxylic acids is 2. The maximum absolute atomic E-state index is 12.9. The summed E-state index contributed by atoms with van der Waals surface area (Å²) in [7, 11) is 0. The maximum atomic E-state index is 12.9. The van der Waals surface area contributed by atoms with Crippen LogP contribution in [0.25, 0.3) is 11.1 Å². The van der Waals surface area contributed by atoms with Crippen LogP contribution in [0, 0.1) is 0 Å². The predicted molar refractivity (Wildman–Crippen MR) is 119 cm³/mol. The number of benzene rings is 2. The molecule has 0 aromatic heterocycles. The van der Waals surface area contributed by atoms with Crippen LogP contribution in [0.2, 0.25) is 0 Å². The summed E-state index contributed by atoms with van der Waals surface area (Å²) in [6, 6.07) is 15.7. The molecule has 2 fully saturated rings. The number of ether oxygens (including phenoxy) is 2. The first-order valence-electron chi connectivity index (χ1n) is 11.1. The van der Waals surface area contributed by atoms with Crippen LogP contribution in [-0.4, -0.2) is 66.6 Å². The Morgan fingerprint density at radius 1 is 0.968 bits per heavy atom. The van der Waals surface area contributed by atoms with Gasteiger partial charge in [-0.3, -0.25) is 9.59 Å². The van der Waals surface area contributed by atoms with Gasteiger partial charge in [-0.05, 0) is 62.1 Å². The fraction of sp³-hybridized carbons (Fsp3) is 0.440. The highest BCUT2D eigenvalue weighted by atomic mass is 16.5. The lowest BCUT2D eigenvalue weighted by Gasteiger charge is -2.35. The smallest absolute Gasteiger partial charge is 0.253 e. The number of rotatable bonds is 5. The minimum atomic E-state index is -0.292. The maximum Gasteiger partial charge on any atom is 0.253 e. The topological polar surface area (TPSA) is 59.1 Å². The molecule has 6 nitrogen and oxygen atoms in total. The minimum absolute atomic E-state index is 0.00709. The SMILES string of the molecule is CC(C)Oc1cccc(-c2ccc(C(=O)N3CCN(C(=O)[C@@H]4CCCO4)CC3)cc2)c1. The number of hydrogen-bond donors (Lipinski definition) is 0. The van der Waals surface area contributed by atoms with E-state index in [-0.39, 0.29) is 24.0 Å². The van der Waals surface area contributed by atoms with E-state index in [1.165, 1.54) is 0 Å². The normalized spacial score (nSPS) is 19.0. The molecule has 31 heavy (non-hydrogen) atoms. The lowest BCUT2D eigenvalue weighted by atomic mass is 10.0. The highest BCUT2D eigenvalue weighted by Crippen LogP contribution is 2.25. The predicted octanol–water partition coefficient (Wildman–Crippen LogP) is 3.60. The van der Waals surface area contributed by atoms with Crippen LogP contribution in [0.1, 0.15) is 37.0 Å². The van der Waals surface area contributed by atoms with Gasteiger partial charge in [0.1, 0.15) is 11.9 Å². The summed E-state index contributed by atoms with van der Waals surface area (Å²) < 4.78 is 11.3. The molecule has 2 heterocycles. The molecule has 1 atom stereocenters. The van der Waals surface area contributed by atoms with Gasteiger partial charge in [0.25, 0.3) is 11.8 Å². The number of hydrogen-bond acceptors (Lipinski definition) is 4. The van der Waals surface area contributed by atoms with Gasteiger partial charge < -0.3 is 19.3 Å². The lowest BCUT2D eigenvalue weighted by Crippen LogP contribution is -2.52. The fourth-order valence-corrected chi connectivity index (χ4v) is 4.11. The third kappa shape index (κ3) is 5.07. The second kappa shape index (κ2) is 9.52. The summed E-state index contributed by atoms with van der Waals surface area (Å²) in [6.07, 6.45) is 1.58. The highest BCUT2D eigenvalue weighted by Gasteiger charge is 2.31. The van der Waals surface area contributed by atoms with Crippen LogP contribution in [0.3, 0.4) is 0 Å². The summed E-state index contributed by atoms with van der Waals surface area (Å²) in [6.45, 7) is 6.90. The average Bonchev–Trinajstić information content (AvgIpc) is 3.33. The Labute approximate surface area is 183 Å². The lowest BCUT2D eigenvalue weighted by molar-refractivity contribution is -0.142. The molecule has 2 aromatic rings. The van der Waals surface area contributed by atoms with Crippen LogP contribution in [0.15, 0.2) is 48.5 Å². The Balaban J connectivity index is 1.36. The molecule has 0 radical (unpaired) electrons. The molecule has 4 rings (SSSR count). The largest absolute Gasteiger partial charge is 0.491 e. The van der Waals surface area contributed by atoms with E-state index in [4.69, 9.17) is 9.47 Å². The van der Waals surface area contributed by atoms with Crippen LogP contribution in [0.5, 0.6) is 5.75 Å². The third-order valence-electron chi connectivity index (χ3n) is 5.75. The molecule has 2 aliphatic rings. The zero-order valence-electron chi connectivity index (χ0n) is 18.3. The van der Waals surface area contributed by atoms with Crippen molar-refractivity contribution in [3.63, 3.8) is 0 Å². The van der Waals surface area contributed by atoms with E-state index < -0.39 is 0 Å². The van der Waals surface area contributed by atoms with Gasteiger partial charge in [-0.25, -0.2) is 0 Å². The number of piperazine rings is 1. The quantitative estimate of drug-likeness (QED) is 0.739. The van der Waals surface area contributed by atoms with Gasteiger partial charge in [0.2, 0.25) is 0 Å². The Kier molecular flexibility index (Phi) is 6.56. The molecule has 0 bridgehead atoms. The molecule has 2 saturated heterocycles. The molecular formula is C25H30N2O4. The zero-order chi connectivity index (χ0) is 21.8. The zero-order valence-corrected chi connectivity index (χ0v) is 18.3. The molecule has 0 N–H and O–H groups in total. The first-order chi connectivity index (χ1) is 15.0. The highest BCUT2D eigenvalue weighted by molar-refractivity contribution is 5.95. The van der Waals surface area contributed by atoms with Crippen LogP contribution in [-0.2, 0) is 9.53 Å². The van der Waals surface area contributed by atoms with Gasteiger partial charge in [0.15, 0.2) is 0 Å². The Morgan fingerprint density at radius 3 is 2.32 bits per heavy atom. The van der Waals surface area contributed by atoms with Crippen molar-refractivity contribution in [2.45, 2.75) is 38.9 Å². The van der Waals surface area contributed by atoms with Crippen molar-refractivity contribution in [2.75, 3.05) is 32.8 Å². The number of carbonyl (C=O) groups is 2. The van der Waals surface area contributed by atoms with Gasteiger partial charge in [-0.15, -0.1) is 0 Å². The number of nitrogens with zero attached hydrogens (tertiary/aromatic N) is 2. The van der Waals surface area contributed by atoms with E-state index >= 15 is 0 Å². The Hall–Kier alpha value is -2.86. The average molecular weight is 423 g/mol. The van der Waals surface area contributed by atoms with Gasteiger partial charge in [-0.2, -0.15) is 0 Å². The van der Waals surface area contributed by atoms with Crippen molar-refractivity contribution in [1.82, 2.24) is 9.80 Å². The van der Waals surface area contributed by atoms with Crippen LogP contribution >= 0.6 is 0 Å². The van der Waals surface area contributed by atoms with Crippen molar-refractivity contribution in [3.8, 4) is 16.9 Å². The molecule has 2 amide bonds. The molecule has 0 unspecified atom stereocenters. The van der Waals surface area contributed by atoms with E-state index in [0.717, 1.165) is 29.7 Å². The van der Waals surface area contributed by atoms with Crippen molar-refractivity contribution in [1.29, 1.82) is 0 Å². The Bertz CT molecular complexity index is 911. The summed E-state index contributed by atoms with van der Waals surface area (Å²) in [5.41, 5.74) is 2.76. The summed E-state index contributed by atoms with van der Waals surface area (Å²) in [5.74, 6) is 0.911. The van der Waals surface area contributed by atoms with Gasteiger partial charge >= 0.3 is 0 Å². The van der Waals surface area contributed by atoms with E-state index in [0.29, 0.717) is 38.3 Å². The van der Waals surface area contributed by atoms with E-state index in [2.05, 4.69) is 0 Å². The fourth-order valence-electron chi connectivity index (χ4n) is 4.11. The molecule has 0 saturated carbocycles. The third-order valence-corrected chi connectivity index (χ3v) is 5.75. The van der Waals surface area contributed by atoms with Gasteiger partial charge in [0, 0.05) is 38.3 Å². The van der Waals surface area contributed by atoms with Crippen molar-refractivity contribution in [2.24, 2.45) is 0 Å². The van der Waals surface area contributed by atoms with E-state index in [1.807, 2.05) is 72.2 Å². The van der Waals surface area contributed by atoms with E-state index in [1.54, 1.807) is 0 Å². The molecule has 2 aliphatic heterocycles. The van der Waals surface area contributed by atoms with Crippen molar-refractivity contribution >= 4 is 11.8 Å². The van der Waals surface area contributed by atoms with E-state index in [9.17, 15) is 9.59 Å². The summed E-state index contributed by atoms with van der Waals surface area (Å²) >= 11 is 0. The molecular weight excluding hydrogens is 392 g/mol. The second-order valence-electron chi connectivity index (χ2n) is 8.39. The van der Waals surface area contributed by atoms with Crippen LogP contribution < -0.4 is 4.74 Å². The molecule has 0 aliphatic carbocycles. The van der Waals surface area contributed by atoms with Crippen LogP contribution in [0.4, 0.5) is 0 Å². The van der Waals surface area contributed by atoms with Gasteiger partial charge in [0.05, 0.1) is 6.10 Å². The van der Waals surface area contributed by atoms with Crippen molar-refractivity contribution < 1.29 is 19.1 Å². The standard InChI is InChI=1S/C25H30N2O4/c1-18(2)31-22-6-3-5-21(17-22)19-8-10-20(11-9-19)24(28)26-12-14-27(15-13-26)25(29)23-7-4-16-30-23/h3,5-6,8-11,17-18,23H,4,7,12-16H2,1-2H3/t23-/m0/s1. The van der Waals surface area contributed by atoms with Crippen molar-refractivity contribution in [3.05, 3.63) is 54.1 Å².